The zero-order chi connectivity index (χ0) is 17.5. The second-order valence-corrected chi connectivity index (χ2v) is 5.45. The normalized spacial score (nSPS) is 16.8. The molecule has 0 bridgehead atoms. The molecule has 0 radical (unpaired) electrons. The van der Waals surface area contributed by atoms with E-state index < -0.39 is 17.8 Å². The van der Waals surface area contributed by atoms with E-state index in [1.165, 1.54) is 29.3 Å². The minimum atomic E-state index is -0.760. The summed E-state index contributed by atoms with van der Waals surface area (Å²) in [5.74, 6) is -1.32. The third kappa shape index (κ3) is 4.51. The molecule has 8 heteroatoms. The van der Waals surface area contributed by atoms with Crippen LogP contribution in [0.5, 0.6) is 0 Å². The van der Waals surface area contributed by atoms with Crippen LogP contribution in [-0.2, 0) is 14.3 Å². The molecule has 0 fully saturated rings. The van der Waals surface area contributed by atoms with Gasteiger partial charge in [0.15, 0.2) is 0 Å². The molecule has 2 amide bonds. The van der Waals surface area contributed by atoms with Crippen LogP contribution >= 0.6 is 0 Å². The fourth-order valence-electron chi connectivity index (χ4n) is 2.38. The average molecular weight is 336 g/mol. The number of halogens is 1. The second kappa shape index (κ2) is 8.39. The molecule has 2 rings (SSSR count). The van der Waals surface area contributed by atoms with Crippen molar-refractivity contribution in [1.82, 2.24) is 5.32 Å². The van der Waals surface area contributed by atoms with Gasteiger partial charge in [-0.1, -0.05) is 0 Å². The Morgan fingerprint density at radius 2 is 2.08 bits per heavy atom. The third-order valence-corrected chi connectivity index (χ3v) is 3.65. The van der Waals surface area contributed by atoms with E-state index in [2.05, 4.69) is 10.4 Å². The largest absolute Gasteiger partial charge is 0.385 e. The van der Waals surface area contributed by atoms with E-state index >= 15 is 0 Å². The summed E-state index contributed by atoms with van der Waals surface area (Å²) in [4.78, 5) is 23.8. The molecule has 1 aromatic carbocycles. The maximum absolute atomic E-state index is 13.0. The van der Waals surface area contributed by atoms with E-state index in [0.29, 0.717) is 18.8 Å². The molecule has 0 saturated carbocycles. The number of carbonyl (C=O) groups is 2. The number of unbranched alkanes of at least 4 members (excludes halogenated alkanes) is 1. The number of rotatable bonds is 8. The number of primary amides is 1. The minimum absolute atomic E-state index is 0.122. The Morgan fingerprint density at radius 3 is 2.71 bits per heavy atom. The van der Waals surface area contributed by atoms with E-state index in [9.17, 15) is 14.0 Å². The molecule has 1 aliphatic heterocycles. The molecule has 1 atom stereocenters. The van der Waals surface area contributed by atoms with Crippen molar-refractivity contribution in [3.63, 3.8) is 0 Å². The smallest absolute Gasteiger partial charge is 0.267 e. The average Bonchev–Trinajstić information content (AvgIpc) is 3.01. The summed E-state index contributed by atoms with van der Waals surface area (Å²) in [7, 11) is 1.62. The maximum Gasteiger partial charge on any atom is 0.267 e. The molecular weight excluding hydrogens is 315 g/mol. The molecule has 0 saturated heterocycles. The summed E-state index contributed by atoms with van der Waals surface area (Å²) >= 11 is 0. The number of hydrogen-bond donors (Lipinski definition) is 2. The lowest BCUT2D eigenvalue weighted by atomic mass is 10.1. The molecular formula is C16H21FN4O3. The highest BCUT2D eigenvalue weighted by Crippen LogP contribution is 2.24. The Kier molecular flexibility index (Phi) is 6.25. The quantitative estimate of drug-likeness (QED) is 0.686. The summed E-state index contributed by atoms with van der Waals surface area (Å²) < 4.78 is 18.0. The molecule has 7 nitrogen and oxygen atoms in total. The molecule has 0 spiro atoms. The highest BCUT2D eigenvalue weighted by molar-refractivity contribution is 6.40. The van der Waals surface area contributed by atoms with E-state index in [0.717, 1.165) is 12.8 Å². The number of methoxy groups -OCH3 is 1. The van der Waals surface area contributed by atoms with Gasteiger partial charge in [-0.15, -0.1) is 0 Å². The molecule has 24 heavy (non-hydrogen) atoms. The summed E-state index contributed by atoms with van der Waals surface area (Å²) in [5.41, 5.74) is 6.13. The predicted octanol–water partition coefficient (Wildman–Crippen LogP) is 0.789. The monoisotopic (exact) mass is 336 g/mol. The Hall–Kier alpha value is -2.48. The van der Waals surface area contributed by atoms with Crippen molar-refractivity contribution >= 4 is 23.2 Å². The van der Waals surface area contributed by atoms with Crippen molar-refractivity contribution in [2.75, 3.05) is 25.3 Å². The number of hydrazone groups is 1. The second-order valence-electron chi connectivity index (χ2n) is 5.45. The number of nitrogens with two attached hydrogens (primary N) is 1. The van der Waals surface area contributed by atoms with Crippen LogP contribution in [0, 0.1) is 5.82 Å². The van der Waals surface area contributed by atoms with Gasteiger partial charge in [-0.05, 0) is 37.1 Å². The SMILES string of the molecule is COCCCCNC(=O)C1=NN(c2ccc(F)cc2)[C@H](C(N)=O)C1. The lowest BCUT2D eigenvalue weighted by Crippen LogP contribution is -2.40. The number of amides is 2. The number of nitrogens with one attached hydrogen (secondary N) is 1. The van der Waals surface area contributed by atoms with Gasteiger partial charge >= 0.3 is 0 Å². The molecule has 130 valence electrons. The number of ether oxygens (including phenoxy) is 1. The number of benzene rings is 1. The van der Waals surface area contributed by atoms with Crippen molar-refractivity contribution in [1.29, 1.82) is 0 Å². The summed E-state index contributed by atoms with van der Waals surface area (Å²) in [6.45, 7) is 1.14. The van der Waals surface area contributed by atoms with Gasteiger partial charge in [0, 0.05) is 26.7 Å². The van der Waals surface area contributed by atoms with Crippen LogP contribution < -0.4 is 16.1 Å². The third-order valence-electron chi connectivity index (χ3n) is 3.65. The van der Waals surface area contributed by atoms with Gasteiger partial charge in [0.2, 0.25) is 5.91 Å². The van der Waals surface area contributed by atoms with Gasteiger partial charge in [0.25, 0.3) is 5.91 Å². The van der Waals surface area contributed by atoms with E-state index in [1.807, 2.05) is 0 Å². The first kappa shape index (κ1) is 17.9. The molecule has 0 unspecified atom stereocenters. The molecule has 1 heterocycles. The highest BCUT2D eigenvalue weighted by atomic mass is 19.1. The van der Waals surface area contributed by atoms with Crippen LogP contribution in [0.25, 0.3) is 0 Å². The maximum atomic E-state index is 13.0. The first-order chi connectivity index (χ1) is 11.5. The molecule has 0 aliphatic carbocycles. The van der Waals surface area contributed by atoms with Crippen molar-refractivity contribution in [3.8, 4) is 0 Å². The van der Waals surface area contributed by atoms with Crippen LogP contribution in [0.3, 0.4) is 0 Å². The molecule has 1 aromatic rings. The van der Waals surface area contributed by atoms with Gasteiger partial charge < -0.3 is 15.8 Å². The lowest BCUT2D eigenvalue weighted by molar-refractivity contribution is -0.119. The fourth-order valence-corrected chi connectivity index (χ4v) is 2.38. The first-order valence-corrected chi connectivity index (χ1v) is 7.71. The topological polar surface area (TPSA) is 97.0 Å². The van der Waals surface area contributed by atoms with E-state index in [-0.39, 0.29) is 18.0 Å². The molecule has 1 aliphatic rings. The Balaban J connectivity index is 2.02. The van der Waals surface area contributed by atoms with Crippen molar-refractivity contribution < 1.29 is 18.7 Å². The molecule has 3 N–H and O–H groups in total. The summed E-state index contributed by atoms with van der Waals surface area (Å²) in [6.07, 6.45) is 1.75. The zero-order valence-electron chi connectivity index (χ0n) is 13.5. The number of carbonyl (C=O) groups excluding carboxylic acids is 2. The predicted molar refractivity (Wildman–Crippen MR) is 88.0 cm³/mol. The van der Waals surface area contributed by atoms with Crippen molar-refractivity contribution in [2.45, 2.75) is 25.3 Å². The van der Waals surface area contributed by atoms with Gasteiger partial charge in [-0.2, -0.15) is 5.10 Å². The van der Waals surface area contributed by atoms with E-state index in [4.69, 9.17) is 10.5 Å². The Labute approximate surface area is 139 Å². The van der Waals surface area contributed by atoms with Crippen molar-refractivity contribution in [2.24, 2.45) is 10.8 Å². The zero-order valence-corrected chi connectivity index (χ0v) is 13.5. The van der Waals surface area contributed by atoms with Crippen LogP contribution in [0.15, 0.2) is 29.4 Å². The number of nitrogens with zero attached hydrogens (tertiary/aromatic N) is 2. The van der Waals surface area contributed by atoms with Crippen LogP contribution in [0.1, 0.15) is 19.3 Å². The minimum Gasteiger partial charge on any atom is -0.385 e. The summed E-state index contributed by atoms with van der Waals surface area (Å²) in [6, 6.07) is 4.73. The standard InChI is InChI=1S/C16H21FN4O3/c1-24-9-3-2-8-19-16(23)13-10-14(15(18)22)21(20-13)12-6-4-11(17)5-7-12/h4-7,14H,2-3,8-10H2,1H3,(H2,18,22)(H,19,23)/t14-/m0/s1. The summed E-state index contributed by atoms with van der Waals surface area (Å²) in [5, 5.41) is 8.32. The van der Waals surface area contributed by atoms with Gasteiger partial charge in [0.1, 0.15) is 17.6 Å². The van der Waals surface area contributed by atoms with Gasteiger partial charge in [0.05, 0.1) is 5.69 Å². The lowest BCUT2D eigenvalue weighted by Gasteiger charge is -2.20. The van der Waals surface area contributed by atoms with Crippen LogP contribution in [-0.4, -0.2) is 43.8 Å². The Morgan fingerprint density at radius 1 is 1.38 bits per heavy atom. The van der Waals surface area contributed by atoms with E-state index in [1.54, 1.807) is 7.11 Å². The number of anilines is 1. The van der Waals surface area contributed by atoms with Crippen LogP contribution in [0.4, 0.5) is 10.1 Å². The van der Waals surface area contributed by atoms with Gasteiger partial charge in [-0.25, -0.2) is 4.39 Å². The highest BCUT2D eigenvalue weighted by Gasteiger charge is 2.34. The molecule has 0 aromatic heterocycles. The number of hydrogen-bond acceptors (Lipinski definition) is 5. The Bertz CT molecular complexity index is 618. The first-order valence-electron chi connectivity index (χ1n) is 7.71. The fraction of sp³-hybridized carbons (Fsp3) is 0.438. The van der Waals surface area contributed by atoms with Gasteiger partial charge in [-0.3, -0.25) is 14.6 Å². The van der Waals surface area contributed by atoms with Crippen molar-refractivity contribution in [3.05, 3.63) is 30.1 Å². The van der Waals surface area contributed by atoms with Crippen LogP contribution in [0.2, 0.25) is 0 Å².